The van der Waals surface area contributed by atoms with Crippen molar-refractivity contribution in [2.75, 3.05) is 0 Å². The van der Waals surface area contributed by atoms with Crippen LogP contribution in [0.4, 0.5) is 52.7 Å². The second kappa shape index (κ2) is 17.1. The van der Waals surface area contributed by atoms with Gasteiger partial charge in [0.05, 0.1) is 73.0 Å². The maximum Gasteiger partial charge on any atom is 0.416 e. The predicted molar refractivity (Wildman–Crippen MR) is 257 cm³/mol. The van der Waals surface area contributed by atoms with Crippen molar-refractivity contribution in [3.63, 3.8) is 0 Å². The summed E-state index contributed by atoms with van der Waals surface area (Å²) in [6, 6.07) is 42.1. The molecule has 5 nitrogen and oxygen atoms in total. The van der Waals surface area contributed by atoms with Crippen molar-refractivity contribution in [2.45, 2.75) is 24.7 Å². The Labute approximate surface area is 410 Å². The van der Waals surface area contributed by atoms with Gasteiger partial charge in [-0.25, -0.2) is 9.97 Å². The van der Waals surface area contributed by atoms with Crippen LogP contribution in [0.15, 0.2) is 176 Å². The second-order valence-electron chi connectivity index (χ2n) is 17.4. The molecule has 0 aliphatic heterocycles. The van der Waals surface area contributed by atoms with Crippen molar-refractivity contribution in [3.8, 4) is 62.5 Å². The van der Waals surface area contributed by atoms with Crippen LogP contribution in [0, 0.1) is 11.3 Å². The molecule has 8 aromatic carbocycles. The Balaban J connectivity index is 1.23. The first kappa shape index (κ1) is 47.4. The lowest BCUT2D eigenvalue weighted by molar-refractivity contribution is -0.138. The highest BCUT2D eigenvalue weighted by atomic mass is 19.4. The average Bonchev–Trinajstić information content (AvgIpc) is 3.90. The van der Waals surface area contributed by atoms with Crippen LogP contribution < -0.4 is 0 Å². The zero-order chi connectivity index (χ0) is 52.1. The van der Waals surface area contributed by atoms with Crippen molar-refractivity contribution in [3.05, 3.63) is 204 Å². The second-order valence-corrected chi connectivity index (χ2v) is 17.4. The third-order valence-corrected chi connectivity index (χ3v) is 12.9. The Hall–Kier alpha value is -8.91. The van der Waals surface area contributed by atoms with Gasteiger partial charge in [-0.2, -0.15) is 57.9 Å². The molecule has 0 spiro atoms. The van der Waals surface area contributed by atoms with Crippen LogP contribution in [0.2, 0.25) is 0 Å². The Morgan fingerprint density at radius 3 is 1.22 bits per heavy atom. The number of halogens is 12. The molecule has 17 heteroatoms. The summed E-state index contributed by atoms with van der Waals surface area (Å²) >= 11 is 0. The van der Waals surface area contributed by atoms with E-state index in [9.17, 15) is 57.9 Å². The largest absolute Gasteiger partial charge is 0.416 e. The molecule has 74 heavy (non-hydrogen) atoms. The molecule has 0 saturated heterocycles. The van der Waals surface area contributed by atoms with Crippen molar-refractivity contribution < 1.29 is 52.7 Å². The molecule has 0 aliphatic carbocycles. The highest BCUT2D eigenvalue weighted by Crippen LogP contribution is 2.45. The van der Waals surface area contributed by atoms with E-state index in [1.807, 2.05) is 48.5 Å². The molecule has 0 saturated carbocycles. The summed E-state index contributed by atoms with van der Waals surface area (Å²) in [5, 5.41) is 10.2. The third kappa shape index (κ3) is 8.31. The Morgan fingerprint density at radius 1 is 0.365 bits per heavy atom. The van der Waals surface area contributed by atoms with Crippen molar-refractivity contribution >= 4 is 43.6 Å². The monoisotopic (exact) mass is 1010 g/mol. The van der Waals surface area contributed by atoms with E-state index < -0.39 is 47.0 Å². The minimum Gasteiger partial charge on any atom is -0.309 e. The standard InChI is InChI=1S/C57H29F12N5/c58-54(59,60)35-13-19-48-42(24-35)43-25-36(55(61,62)63)14-20-49(43)73(48)39-17-11-34(30-70)40(28-39)41-23-33(47-29-46(31-7-3-1-4-8-31)71-53(72-47)32-9-5-2-6-10-32)12-18-50(41)74-51-21-15-37(56(64,65)66)26-44(51)45-27-38(57(67,68)69)16-22-52(45)74/h1-29H. The summed E-state index contributed by atoms with van der Waals surface area (Å²) in [6.07, 6.45) is -19.5. The minimum absolute atomic E-state index is 0.0104. The van der Waals surface area contributed by atoms with Gasteiger partial charge < -0.3 is 9.13 Å². The molecule has 3 aromatic heterocycles. The van der Waals surface area contributed by atoms with Crippen LogP contribution in [0.25, 0.3) is 100 Å². The van der Waals surface area contributed by atoms with Gasteiger partial charge in [-0.3, -0.25) is 0 Å². The normalized spacial score (nSPS) is 12.6. The van der Waals surface area contributed by atoms with Gasteiger partial charge in [-0.15, -0.1) is 0 Å². The van der Waals surface area contributed by atoms with Crippen LogP contribution in [0.1, 0.15) is 27.8 Å². The smallest absolute Gasteiger partial charge is 0.309 e. The molecule has 11 rings (SSSR count). The first-order valence-electron chi connectivity index (χ1n) is 22.3. The van der Waals surface area contributed by atoms with Gasteiger partial charge in [0.25, 0.3) is 0 Å². The fourth-order valence-electron chi connectivity index (χ4n) is 9.46. The number of hydrogen-bond donors (Lipinski definition) is 0. The van der Waals surface area contributed by atoms with E-state index in [0.29, 0.717) is 28.3 Å². The summed E-state index contributed by atoms with van der Waals surface area (Å²) in [7, 11) is 0. The van der Waals surface area contributed by atoms with E-state index in [4.69, 9.17) is 9.97 Å². The zero-order valence-corrected chi connectivity index (χ0v) is 37.5. The van der Waals surface area contributed by atoms with Crippen LogP contribution in [-0.4, -0.2) is 19.1 Å². The van der Waals surface area contributed by atoms with Crippen LogP contribution in [0.3, 0.4) is 0 Å². The summed E-state index contributed by atoms with van der Waals surface area (Å²) in [6.45, 7) is 0. The van der Waals surface area contributed by atoms with E-state index in [1.165, 1.54) is 27.3 Å². The molecule has 0 amide bonds. The summed E-state index contributed by atoms with van der Waals surface area (Å²) in [5.41, 5.74) is -0.959. The Bertz CT molecular complexity index is 3880. The van der Waals surface area contributed by atoms with Gasteiger partial charge in [0, 0.05) is 55.0 Å². The molecule has 0 unspecified atom stereocenters. The average molecular weight is 1010 g/mol. The van der Waals surface area contributed by atoms with Gasteiger partial charge in [-0.05, 0) is 109 Å². The number of rotatable bonds is 6. The number of nitriles is 1. The van der Waals surface area contributed by atoms with E-state index in [2.05, 4.69) is 6.07 Å². The predicted octanol–water partition coefficient (Wildman–Crippen LogP) is 17.3. The first-order valence-corrected chi connectivity index (χ1v) is 22.3. The maximum absolute atomic E-state index is 14.3. The maximum atomic E-state index is 14.3. The third-order valence-electron chi connectivity index (χ3n) is 12.9. The Morgan fingerprint density at radius 2 is 0.784 bits per heavy atom. The molecule has 0 atom stereocenters. The van der Waals surface area contributed by atoms with Crippen molar-refractivity contribution in [1.82, 2.24) is 19.1 Å². The van der Waals surface area contributed by atoms with Crippen molar-refractivity contribution in [1.29, 1.82) is 5.26 Å². The topological polar surface area (TPSA) is 59.4 Å². The van der Waals surface area contributed by atoms with E-state index in [0.717, 1.165) is 78.4 Å². The van der Waals surface area contributed by atoms with Gasteiger partial charge in [0.2, 0.25) is 0 Å². The molecule has 0 aliphatic rings. The molecule has 0 radical (unpaired) electrons. The number of alkyl halides is 12. The van der Waals surface area contributed by atoms with Gasteiger partial charge in [-0.1, -0.05) is 66.7 Å². The molecular formula is C57H29F12N5. The highest BCUT2D eigenvalue weighted by molar-refractivity contribution is 6.11. The molecule has 0 N–H and O–H groups in total. The lowest BCUT2D eigenvalue weighted by Crippen LogP contribution is -2.05. The molecule has 0 fully saturated rings. The van der Waals surface area contributed by atoms with E-state index >= 15 is 0 Å². The Kier molecular flexibility index (Phi) is 11.0. The molecule has 366 valence electrons. The van der Waals surface area contributed by atoms with E-state index in [-0.39, 0.29) is 71.7 Å². The molecule has 0 bridgehead atoms. The first-order chi connectivity index (χ1) is 35.2. The molecule has 11 aromatic rings. The zero-order valence-electron chi connectivity index (χ0n) is 37.5. The molecular weight excluding hydrogens is 983 g/mol. The number of fused-ring (bicyclic) bond motifs is 6. The fraction of sp³-hybridized carbons (Fsp3) is 0.0702. The lowest BCUT2D eigenvalue weighted by Gasteiger charge is -2.19. The summed E-state index contributed by atoms with van der Waals surface area (Å²) in [5.74, 6) is 0.323. The van der Waals surface area contributed by atoms with Gasteiger partial charge in [0.15, 0.2) is 5.82 Å². The summed E-state index contributed by atoms with van der Waals surface area (Å²) in [4.78, 5) is 9.81. The number of benzene rings is 8. The number of aromatic nitrogens is 4. The van der Waals surface area contributed by atoms with Crippen molar-refractivity contribution in [2.24, 2.45) is 0 Å². The highest BCUT2D eigenvalue weighted by Gasteiger charge is 2.36. The molecule has 3 heterocycles. The van der Waals surface area contributed by atoms with Gasteiger partial charge in [0.1, 0.15) is 0 Å². The quantitative estimate of drug-likeness (QED) is 0.156. The van der Waals surface area contributed by atoms with Crippen LogP contribution in [-0.2, 0) is 24.7 Å². The fourth-order valence-corrected chi connectivity index (χ4v) is 9.46. The van der Waals surface area contributed by atoms with Crippen LogP contribution in [0.5, 0.6) is 0 Å². The minimum atomic E-state index is -4.89. The number of hydrogen-bond acceptors (Lipinski definition) is 3. The van der Waals surface area contributed by atoms with Gasteiger partial charge >= 0.3 is 24.7 Å². The van der Waals surface area contributed by atoms with E-state index in [1.54, 1.807) is 36.4 Å². The van der Waals surface area contributed by atoms with Crippen LogP contribution >= 0.6 is 0 Å². The lowest BCUT2D eigenvalue weighted by atomic mass is 9.94. The SMILES string of the molecule is N#Cc1ccc(-n2c3ccc(C(F)(F)F)cc3c3cc(C(F)(F)F)ccc32)cc1-c1cc(-c2cc(-c3ccccc3)nc(-c3ccccc3)n2)ccc1-n1c2ccc(C(F)(F)F)cc2c2cc(C(F)(F)F)ccc21. The number of nitrogens with zero attached hydrogens (tertiary/aromatic N) is 5. The summed E-state index contributed by atoms with van der Waals surface area (Å²) < 4.78 is 174.